The van der Waals surface area contributed by atoms with Gasteiger partial charge < -0.3 is 4.74 Å². The maximum absolute atomic E-state index is 11.0. The molecular weight excluding hydrogens is 342 g/mol. The predicted molar refractivity (Wildman–Crippen MR) is 97.7 cm³/mol. The Morgan fingerprint density at radius 3 is 2.48 bits per heavy atom. The second kappa shape index (κ2) is 11.6. The van der Waals surface area contributed by atoms with Gasteiger partial charge in [-0.25, -0.2) is 5.48 Å². The predicted octanol–water partition coefficient (Wildman–Crippen LogP) is 3.65. The molecular formula is C18H26ClN3O3. The molecule has 1 unspecified atom stereocenters. The molecule has 0 aliphatic carbocycles. The van der Waals surface area contributed by atoms with Crippen molar-refractivity contribution in [1.82, 2.24) is 15.3 Å². The molecule has 1 heterocycles. The number of methoxy groups -OCH3 is 1. The molecule has 1 amide bonds. The zero-order valence-corrected chi connectivity index (χ0v) is 15.6. The number of carbonyl (C=O) groups excluding carboxylic acids is 1. The average molecular weight is 368 g/mol. The van der Waals surface area contributed by atoms with Gasteiger partial charge in [0.05, 0.1) is 12.5 Å². The van der Waals surface area contributed by atoms with Gasteiger partial charge in [0, 0.05) is 30.6 Å². The number of nitrogens with zero attached hydrogens (tertiary/aromatic N) is 2. The monoisotopic (exact) mass is 367 g/mol. The van der Waals surface area contributed by atoms with Crippen molar-refractivity contribution in [3.05, 3.63) is 53.3 Å². The molecule has 0 aliphatic rings. The van der Waals surface area contributed by atoms with Gasteiger partial charge in [0.25, 0.3) is 0 Å². The lowest BCUT2D eigenvalue weighted by Crippen LogP contribution is -2.25. The number of ether oxygens (including phenoxy) is 1. The number of nitrogens with one attached hydrogen (secondary N) is 1. The quantitative estimate of drug-likeness (QED) is 0.578. The number of hydroxylamine groups is 1. The fraction of sp³-hybridized carbons (Fsp3) is 0.444. The Balaban J connectivity index is 0.000000324. The fourth-order valence-electron chi connectivity index (χ4n) is 2.12. The second-order valence-corrected chi connectivity index (χ2v) is 6.28. The Labute approximate surface area is 153 Å². The topological polar surface area (TPSA) is 76.4 Å². The van der Waals surface area contributed by atoms with Crippen molar-refractivity contribution in [2.75, 3.05) is 7.11 Å². The molecule has 0 aliphatic heterocycles. The minimum Gasteiger partial charge on any atom is -0.381 e. The molecule has 6 nitrogen and oxygen atoms in total. The van der Waals surface area contributed by atoms with Crippen LogP contribution in [0.5, 0.6) is 0 Å². The molecule has 1 atom stereocenters. The van der Waals surface area contributed by atoms with Gasteiger partial charge in [-0.3, -0.25) is 14.7 Å². The molecule has 0 spiro atoms. The van der Waals surface area contributed by atoms with E-state index in [-0.39, 0.29) is 12.5 Å². The van der Waals surface area contributed by atoms with E-state index in [4.69, 9.17) is 21.5 Å². The van der Waals surface area contributed by atoms with E-state index < -0.39 is 5.91 Å². The molecule has 0 saturated heterocycles. The molecule has 7 heteroatoms. The first-order valence-electron chi connectivity index (χ1n) is 8.15. The van der Waals surface area contributed by atoms with Crippen molar-refractivity contribution in [3.8, 4) is 0 Å². The van der Waals surface area contributed by atoms with E-state index in [9.17, 15) is 4.79 Å². The van der Waals surface area contributed by atoms with E-state index >= 15 is 0 Å². The summed E-state index contributed by atoms with van der Waals surface area (Å²) in [4.78, 5) is 11.0. The fourth-order valence-corrected chi connectivity index (χ4v) is 2.25. The van der Waals surface area contributed by atoms with Crippen molar-refractivity contribution in [1.29, 1.82) is 0 Å². The molecule has 0 saturated carbocycles. The van der Waals surface area contributed by atoms with Crippen LogP contribution in [0.15, 0.2) is 42.7 Å². The molecule has 2 aromatic rings. The number of benzene rings is 1. The highest BCUT2D eigenvalue weighted by molar-refractivity contribution is 6.30. The van der Waals surface area contributed by atoms with Crippen molar-refractivity contribution < 1.29 is 14.7 Å². The summed E-state index contributed by atoms with van der Waals surface area (Å²) in [5, 5.41) is 13.2. The first-order chi connectivity index (χ1) is 12.0. The summed E-state index contributed by atoms with van der Waals surface area (Å²) in [5.74, 6) is -0.437. The first-order valence-corrected chi connectivity index (χ1v) is 8.53. The number of aryl methyl sites for hydroxylation is 1. The van der Waals surface area contributed by atoms with Gasteiger partial charge in [0.15, 0.2) is 0 Å². The van der Waals surface area contributed by atoms with E-state index in [1.807, 2.05) is 41.2 Å². The van der Waals surface area contributed by atoms with E-state index in [1.165, 1.54) is 0 Å². The summed E-state index contributed by atoms with van der Waals surface area (Å²) in [6.45, 7) is 4.21. The smallest absolute Gasteiger partial charge is 0.245 e. The van der Waals surface area contributed by atoms with Gasteiger partial charge >= 0.3 is 0 Å². The van der Waals surface area contributed by atoms with E-state index in [0.717, 1.165) is 12.0 Å². The largest absolute Gasteiger partial charge is 0.381 e. The van der Waals surface area contributed by atoms with Crippen LogP contribution in [0.1, 0.15) is 38.3 Å². The number of aromatic nitrogens is 2. The Morgan fingerprint density at radius 2 is 2.04 bits per heavy atom. The summed E-state index contributed by atoms with van der Waals surface area (Å²) in [7, 11) is 1.55. The number of hydrogen-bond donors (Lipinski definition) is 2. The third-order valence-electron chi connectivity index (χ3n) is 3.59. The van der Waals surface area contributed by atoms with Crippen molar-refractivity contribution in [2.24, 2.45) is 0 Å². The average Bonchev–Trinajstić information content (AvgIpc) is 3.15. The molecule has 0 radical (unpaired) electrons. The highest BCUT2D eigenvalue weighted by Gasteiger charge is 2.12. The van der Waals surface area contributed by atoms with Gasteiger partial charge in [0.1, 0.15) is 0 Å². The van der Waals surface area contributed by atoms with E-state index in [1.54, 1.807) is 18.8 Å². The molecule has 0 bridgehead atoms. The highest BCUT2D eigenvalue weighted by Crippen LogP contribution is 2.13. The Hall–Kier alpha value is -1.89. The van der Waals surface area contributed by atoms with Crippen LogP contribution >= 0.6 is 11.6 Å². The summed E-state index contributed by atoms with van der Waals surface area (Å²) in [5.41, 5.74) is 2.74. The van der Waals surface area contributed by atoms with Crippen LogP contribution in [0.3, 0.4) is 0 Å². The van der Waals surface area contributed by atoms with Crippen LogP contribution in [0, 0.1) is 0 Å². The Morgan fingerprint density at radius 1 is 1.36 bits per heavy atom. The molecule has 0 fully saturated rings. The minimum atomic E-state index is -0.437. The zero-order valence-electron chi connectivity index (χ0n) is 14.9. The second-order valence-electron chi connectivity index (χ2n) is 5.84. The number of carbonyl (C=O) groups is 1. The molecule has 2 N–H and O–H groups in total. The summed E-state index contributed by atoms with van der Waals surface area (Å²) < 4.78 is 7.09. The van der Waals surface area contributed by atoms with Gasteiger partial charge in [-0.1, -0.05) is 23.7 Å². The molecule has 1 aromatic heterocycles. The highest BCUT2D eigenvalue weighted by atomic mass is 35.5. The van der Waals surface area contributed by atoms with Gasteiger partial charge in [-0.2, -0.15) is 5.10 Å². The lowest BCUT2D eigenvalue weighted by atomic mass is 10.0. The number of rotatable bonds is 7. The van der Waals surface area contributed by atoms with Crippen molar-refractivity contribution >= 4 is 17.5 Å². The molecule has 25 heavy (non-hydrogen) atoms. The summed E-state index contributed by atoms with van der Waals surface area (Å²) >= 11 is 5.78. The van der Waals surface area contributed by atoms with Crippen LogP contribution in [-0.4, -0.2) is 34.1 Å². The minimum absolute atomic E-state index is 0.153. The molecule has 138 valence electrons. The maximum Gasteiger partial charge on any atom is 0.245 e. The van der Waals surface area contributed by atoms with Gasteiger partial charge in [-0.05, 0) is 50.5 Å². The maximum atomic E-state index is 11.0. The van der Waals surface area contributed by atoms with Crippen LogP contribution in [-0.2, 0) is 16.0 Å². The van der Waals surface area contributed by atoms with Gasteiger partial charge in [-0.15, -0.1) is 0 Å². The zero-order chi connectivity index (χ0) is 18.7. The lowest BCUT2D eigenvalue weighted by Gasteiger charge is -2.13. The van der Waals surface area contributed by atoms with Crippen LogP contribution in [0.25, 0.3) is 0 Å². The number of halogens is 1. The number of amides is 1. The SMILES string of the molecule is CC(C)n1cccn1.COC(CCc1ccc(Cl)cc1)CC(=O)NO. The molecule has 1 aromatic carbocycles. The third-order valence-corrected chi connectivity index (χ3v) is 3.85. The lowest BCUT2D eigenvalue weighted by molar-refractivity contribution is -0.131. The first kappa shape index (κ1) is 21.2. The Kier molecular flexibility index (Phi) is 9.84. The van der Waals surface area contributed by atoms with E-state index in [2.05, 4.69) is 18.9 Å². The van der Waals surface area contributed by atoms with Crippen LogP contribution in [0.4, 0.5) is 0 Å². The standard InChI is InChI=1S/C12H16ClNO3.C6H10N2/c1-17-11(8-12(15)14-16)7-4-9-2-5-10(13)6-3-9;1-6(2)8-5-3-4-7-8/h2-3,5-6,11,16H,4,7-8H2,1H3,(H,14,15);3-6H,1-2H3. The van der Waals surface area contributed by atoms with Crippen molar-refractivity contribution in [2.45, 2.75) is 45.3 Å². The van der Waals surface area contributed by atoms with Crippen LogP contribution in [0.2, 0.25) is 5.02 Å². The Bertz CT molecular complexity index is 601. The molecule has 2 rings (SSSR count). The summed E-state index contributed by atoms with van der Waals surface area (Å²) in [6, 6.07) is 9.98. The van der Waals surface area contributed by atoms with Crippen molar-refractivity contribution in [3.63, 3.8) is 0 Å². The third kappa shape index (κ3) is 8.67. The summed E-state index contributed by atoms with van der Waals surface area (Å²) in [6.07, 6.45) is 5.23. The van der Waals surface area contributed by atoms with Crippen LogP contribution < -0.4 is 5.48 Å². The normalized spacial score (nSPS) is 11.6. The number of hydrogen-bond acceptors (Lipinski definition) is 4. The van der Waals surface area contributed by atoms with Gasteiger partial charge in [0.2, 0.25) is 5.91 Å². The van der Waals surface area contributed by atoms with E-state index in [0.29, 0.717) is 17.5 Å².